The fraction of sp³-hybridized carbons (Fsp3) is 0.105. The number of hydrogen-bond acceptors (Lipinski definition) is 5. The van der Waals surface area contributed by atoms with Gasteiger partial charge in [-0.05, 0) is 30.4 Å². The van der Waals surface area contributed by atoms with E-state index in [0.717, 1.165) is 11.0 Å². The third kappa shape index (κ3) is 2.95. The first kappa shape index (κ1) is 16.7. The fourth-order valence-corrected chi connectivity index (χ4v) is 4.20. The van der Waals surface area contributed by atoms with Crippen LogP contribution in [0.3, 0.4) is 0 Å². The van der Waals surface area contributed by atoms with Gasteiger partial charge in [0.15, 0.2) is 3.95 Å². The predicted molar refractivity (Wildman–Crippen MR) is 101 cm³/mol. The van der Waals surface area contributed by atoms with E-state index in [9.17, 15) is 9.90 Å². The highest BCUT2D eigenvalue weighted by Crippen LogP contribution is 2.32. The maximum Gasteiger partial charge on any atom is 0.279 e. The Morgan fingerprint density at radius 2 is 1.85 bits per heavy atom. The first-order chi connectivity index (χ1) is 12.6. The van der Waals surface area contributed by atoms with Crippen LogP contribution in [0.15, 0.2) is 59.6 Å². The van der Waals surface area contributed by atoms with Crippen molar-refractivity contribution in [2.75, 3.05) is 6.61 Å². The molecule has 1 aliphatic rings. The first-order valence-electron chi connectivity index (χ1n) is 7.98. The zero-order valence-corrected chi connectivity index (χ0v) is 15.2. The lowest BCUT2D eigenvalue weighted by atomic mass is 10.1. The van der Waals surface area contributed by atoms with Crippen LogP contribution < -0.4 is 15.3 Å². The van der Waals surface area contributed by atoms with Crippen LogP contribution in [-0.4, -0.2) is 22.2 Å². The summed E-state index contributed by atoms with van der Waals surface area (Å²) in [6.07, 6.45) is 0. The van der Waals surface area contributed by atoms with Crippen molar-refractivity contribution in [1.82, 2.24) is 4.57 Å². The summed E-state index contributed by atoms with van der Waals surface area (Å²) in [5.74, 6) is 0.374. The van der Waals surface area contributed by atoms with Crippen LogP contribution in [-0.2, 0) is 11.3 Å². The number of hydrogen-bond donors (Lipinski definition) is 1. The van der Waals surface area contributed by atoms with E-state index in [-0.39, 0.29) is 11.8 Å². The van der Waals surface area contributed by atoms with Crippen molar-refractivity contribution in [3.63, 3.8) is 0 Å². The number of amides is 1. The van der Waals surface area contributed by atoms with E-state index in [1.165, 1.54) is 11.3 Å². The van der Waals surface area contributed by atoms with E-state index in [2.05, 4.69) is 4.99 Å². The average molecular weight is 382 g/mol. The van der Waals surface area contributed by atoms with Crippen LogP contribution in [0.5, 0.6) is 11.6 Å². The van der Waals surface area contributed by atoms with Gasteiger partial charge in [0.2, 0.25) is 5.88 Å². The van der Waals surface area contributed by atoms with E-state index in [1.807, 2.05) is 48.5 Å². The van der Waals surface area contributed by atoms with Crippen molar-refractivity contribution in [1.29, 1.82) is 0 Å². The molecule has 0 saturated heterocycles. The summed E-state index contributed by atoms with van der Waals surface area (Å²) in [4.78, 5) is 16.8. The van der Waals surface area contributed by atoms with Gasteiger partial charge in [0, 0.05) is 5.22 Å². The molecule has 0 aliphatic carbocycles. The van der Waals surface area contributed by atoms with Crippen LogP contribution in [0.4, 0.5) is 0 Å². The molecule has 2 heterocycles. The number of aromatic hydroxyl groups is 1. The molecule has 7 heteroatoms. The highest BCUT2D eigenvalue weighted by Gasteiger charge is 2.24. The number of nitrogens with zero attached hydrogens (tertiary/aromatic N) is 2. The standard InChI is InChI=1S/C19H14N2O3S2/c22-17-15(13-8-4-5-9-14(13)20-17)16-18(23)21(19(25)26-16)10-11-24-12-6-2-1-3-7-12/h1-9,23H,10-11H2. The summed E-state index contributed by atoms with van der Waals surface area (Å²) in [6, 6.07) is 16.7. The fourth-order valence-electron chi connectivity index (χ4n) is 2.81. The SMILES string of the molecule is O=C1N=c2ccccc2=C1c1sc(=S)n(CCOc2ccccc2)c1O. The quantitative estimate of drug-likeness (QED) is 0.689. The molecule has 0 fully saturated rings. The normalized spacial score (nSPS) is 12.8. The molecule has 0 spiro atoms. The molecule has 1 aliphatic heterocycles. The number of carbonyl (C=O) groups is 1. The maximum atomic E-state index is 12.3. The number of aromatic nitrogens is 1. The summed E-state index contributed by atoms with van der Waals surface area (Å²) >= 11 is 6.58. The second-order valence-corrected chi connectivity index (χ2v) is 7.29. The van der Waals surface area contributed by atoms with Gasteiger partial charge in [-0.1, -0.05) is 36.4 Å². The van der Waals surface area contributed by atoms with Gasteiger partial charge in [-0.25, -0.2) is 4.99 Å². The van der Waals surface area contributed by atoms with E-state index >= 15 is 0 Å². The van der Waals surface area contributed by atoms with Crippen LogP contribution in [0.2, 0.25) is 0 Å². The van der Waals surface area contributed by atoms with Gasteiger partial charge in [0.05, 0.1) is 17.5 Å². The predicted octanol–water partition coefficient (Wildman–Crippen LogP) is 2.42. The first-order valence-corrected chi connectivity index (χ1v) is 9.21. The molecule has 3 aromatic rings. The Hall–Kier alpha value is -2.77. The molecule has 0 atom stereocenters. The van der Waals surface area contributed by atoms with E-state index in [4.69, 9.17) is 17.0 Å². The van der Waals surface area contributed by atoms with Gasteiger partial charge in [0.1, 0.15) is 17.2 Å². The van der Waals surface area contributed by atoms with Crippen LogP contribution in [0, 0.1) is 3.95 Å². The Morgan fingerprint density at radius 1 is 1.12 bits per heavy atom. The van der Waals surface area contributed by atoms with E-state index in [0.29, 0.717) is 32.9 Å². The molecular weight excluding hydrogens is 368 g/mol. The number of ether oxygens (including phenoxy) is 1. The lowest BCUT2D eigenvalue weighted by Gasteiger charge is -2.08. The van der Waals surface area contributed by atoms with Crippen molar-refractivity contribution in [3.8, 4) is 11.6 Å². The summed E-state index contributed by atoms with van der Waals surface area (Å²) in [5.41, 5.74) is 0.400. The van der Waals surface area contributed by atoms with E-state index < -0.39 is 0 Å². The highest BCUT2D eigenvalue weighted by molar-refractivity contribution is 7.73. The number of rotatable bonds is 5. The van der Waals surface area contributed by atoms with Crippen molar-refractivity contribution < 1.29 is 14.6 Å². The largest absolute Gasteiger partial charge is 0.493 e. The minimum absolute atomic E-state index is 0.0214. The summed E-state index contributed by atoms with van der Waals surface area (Å²) in [5, 5.41) is 12.0. The van der Waals surface area contributed by atoms with Crippen molar-refractivity contribution >= 4 is 35.0 Å². The second kappa shape index (κ2) is 6.86. The van der Waals surface area contributed by atoms with E-state index in [1.54, 1.807) is 10.6 Å². The maximum absolute atomic E-state index is 12.3. The third-order valence-electron chi connectivity index (χ3n) is 4.03. The zero-order valence-electron chi connectivity index (χ0n) is 13.6. The Kier molecular flexibility index (Phi) is 4.40. The van der Waals surface area contributed by atoms with Gasteiger partial charge < -0.3 is 9.84 Å². The molecule has 0 saturated carbocycles. The molecule has 26 heavy (non-hydrogen) atoms. The molecule has 0 bridgehead atoms. The minimum atomic E-state index is -0.356. The average Bonchev–Trinajstić information content (AvgIpc) is 3.12. The topological polar surface area (TPSA) is 63.8 Å². The Morgan fingerprint density at radius 3 is 2.65 bits per heavy atom. The van der Waals surface area contributed by atoms with Crippen LogP contribution >= 0.6 is 23.6 Å². The van der Waals surface area contributed by atoms with Gasteiger partial charge in [-0.15, -0.1) is 11.3 Å². The van der Waals surface area contributed by atoms with Gasteiger partial charge in [-0.3, -0.25) is 9.36 Å². The lowest BCUT2D eigenvalue weighted by molar-refractivity contribution is -0.112. The molecule has 1 aromatic heterocycles. The van der Waals surface area contributed by atoms with Crippen molar-refractivity contribution in [2.45, 2.75) is 6.54 Å². The van der Waals surface area contributed by atoms with Gasteiger partial charge >= 0.3 is 0 Å². The number of carbonyl (C=O) groups excluding carboxylic acids is 1. The molecule has 5 nitrogen and oxygen atoms in total. The summed E-state index contributed by atoms with van der Waals surface area (Å²) < 4.78 is 7.73. The van der Waals surface area contributed by atoms with Crippen LogP contribution in [0.25, 0.3) is 5.57 Å². The lowest BCUT2D eigenvalue weighted by Crippen LogP contribution is -2.22. The number of para-hydroxylation sites is 2. The second-order valence-electron chi connectivity index (χ2n) is 5.64. The molecule has 1 N–H and O–H groups in total. The Balaban J connectivity index is 1.65. The smallest absolute Gasteiger partial charge is 0.279 e. The Bertz CT molecular complexity index is 1160. The molecule has 2 aromatic carbocycles. The van der Waals surface area contributed by atoms with Gasteiger partial charge in [-0.2, -0.15) is 0 Å². The highest BCUT2D eigenvalue weighted by atomic mass is 32.1. The number of benzene rings is 2. The number of fused-ring (bicyclic) bond motifs is 1. The molecule has 0 unspecified atom stereocenters. The van der Waals surface area contributed by atoms with Crippen molar-refractivity contribution in [3.05, 3.63) is 74.0 Å². The monoisotopic (exact) mass is 382 g/mol. The summed E-state index contributed by atoms with van der Waals surface area (Å²) in [6.45, 7) is 0.739. The molecule has 4 rings (SSSR count). The van der Waals surface area contributed by atoms with Gasteiger partial charge in [0.25, 0.3) is 5.91 Å². The molecule has 130 valence electrons. The summed E-state index contributed by atoms with van der Waals surface area (Å²) in [7, 11) is 0. The molecular formula is C19H14N2O3S2. The number of thiazole rings is 1. The molecule has 0 radical (unpaired) electrons. The zero-order chi connectivity index (χ0) is 18.1. The molecule has 1 amide bonds. The third-order valence-corrected chi connectivity index (χ3v) is 5.49. The Labute approximate surface area is 158 Å². The van der Waals surface area contributed by atoms with Crippen LogP contribution in [0.1, 0.15) is 4.88 Å². The van der Waals surface area contributed by atoms with Crippen molar-refractivity contribution in [2.24, 2.45) is 4.99 Å². The minimum Gasteiger partial charge on any atom is -0.493 e.